The van der Waals surface area contributed by atoms with Gasteiger partial charge in [0.15, 0.2) is 0 Å². The van der Waals surface area contributed by atoms with Gasteiger partial charge in [-0.15, -0.1) is 0 Å². The summed E-state index contributed by atoms with van der Waals surface area (Å²) in [5.74, 6) is 3.83. The highest BCUT2D eigenvalue weighted by molar-refractivity contribution is 5.12. The van der Waals surface area contributed by atoms with Gasteiger partial charge in [0.05, 0.1) is 6.07 Å². The van der Waals surface area contributed by atoms with Crippen LogP contribution < -0.4 is 0 Å². The predicted octanol–water partition coefficient (Wildman–Crippen LogP) is 6.82. The highest BCUT2D eigenvalue weighted by Crippen LogP contribution is 2.37. The van der Waals surface area contributed by atoms with Crippen LogP contribution in [-0.2, 0) is 0 Å². The Bertz CT molecular complexity index is 398. The number of nitrogens with zero attached hydrogens (tertiary/aromatic N) is 1. The first-order valence-electron chi connectivity index (χ1n) is 10.0. The van der Waals surface area contributed by atoms with Gasteiger partial charge in [-0.3, -0.25) is 0 Å². The minimum Gasteiger partial charge on any atom is -0.193 e. The minimum absolute atomic E-state index is 0.749. The summed E-state index contributed by atoms with van der Waals surface area (Å²) in [6, 6.07) is 2.04. The fourth-order valence-corrected chi connectivity index (χ4v) is 4.68. The Hall–Kier alpha value is -1.03. The van der Waals surface area contributed by atoms with Gasteiger partial charge in [-0.25, -0.2) is 0 Å². The molecule has 0 aromatic heterocycles. The van der Waals surface area contributed by atoms with Crippen LogP contribution in [0.1, 0.15) is 84.0 Å². The molecule has 0 aromatic rings. The van der Waals surface area contributed by atoms with E-state index in [0.717, 1.165) is 23.7 Å². The molecular weight excluding hydrogens is 278 g/mol. The molecule has 0 radical (unpaired) electrons. The lowest BCUT2D eigenvalue weighted by Crippen LogP contribution is -2.17. The van der Waals surface area contributed by atoms with Gasteiger partial charge in [0.25, 0.3) is 0 Å². The summed E-state index contributed by atoms with van der Waals surface area (Å²) in [6.45, 7) is 2.33. The van der Waals surface area contributed by atoms with Crippen LogP contribution in [0.5, 0.6) is 0 Å². The fraction of sp³-hybridized carbons (Fsp3) is 0.773. The van der Waals surface area contributed by atoms with E-state index < -0.39 is 0 Å². The first kappa shape index (κ1) is 18.3. The van der Waals surface area contributed by atoms with Crippen molar-refractivity contribution >= 4 is 0 Å². The molecule has 0 saturated heterocycles. The topological polar surface area (TPSA) is 23.8 Å². The molecule has 0 aliphatic heterocycles. The number of allylic oxidation sites excluding steroid dienone is 4. The molecule has 2 aliphatic rings. The van der Waals surface area contributed by atoms with E-state index in [1.807, 2.05) is 12.1 Å². The van der Waals surface area contributed by atoms with Crippen LogP contribution in [0, 0.1) is 35.0 Å². The SMILES string of the molecule is CCC[C@H]1CC[C@H](CC[C@H]2CC[C@H](C=CC=CC#N)CC2)CC1. The van der Waals surface area contributed by atoms with Crippen LogP contribution in [-0.4, -0.2) is 0 Å². The second-order valence-electron chi connectivity index (χ2n) is 7.91. The zero-order valence-electron chi connectivity index (χ0n) is 15.1. The van der Waals surface area contributed by atoms with Crippen LogP contribution in [0.25, 0.3) is 0 Å². The molecule has 0 heterocycles. The molecule has 0 spiro atoms. The second-order valence-corrected chi connectivity index (χ2v) is 7.91. The third-order valence-electron chi connectivity index (χ3n) is 6.20. The minimum atomic E-state index is 0.749. The third-order valence-corrected chi connectivity index (χ3v) is 6.20. The predicted molar refractivity (Wildman–Crippen MR) is 98.9 cm³/mol. The highest BCUT2D eigenvalue weighted by atomic mass is 14.3. The third kappa shape index (κ3) is 6.94. The molecule has 23 heavy (non-hydrogen) atoms. The zero-order valence-corrected chi connectivity index (χ0v) is 15.1. The standard InChI is InChI=1S/C22H35N/c1-2-6-19-8-12-21(13-9-19)16-17-22-14-10-20(11-15-22)7-4-3-5-18-23/h3-5,7,19-22H,2,6,8-17H2,1H3/t19-,20-,21-,22-. The van der Waals surface area contributed by atoms with Crippen molar-refractivity contribution in [1.29, 1.82) is 5.26 Å². The average molecular weight is 314 g/mol. The molecule has 2 saturated carbocycles. The van der Waals surface area contributed by atoms with E-state index in [9.17, 15) is 0 Å². The van der Waals surface area contributed by atoms with E-state index in [2.05, 4.69) is 19.1 Å². The zero-order chi connectivity index (χ0) is 16.3. The van der Waals surface area contributed by atoms with Gasteiger partial charge in [0, 0.05) is 6.08 Å². The van der Waals surface area contributed by atoms with Crippen molar-refractivity contribution < 1.29 is 0 Å². The molecule has 2 fully saturated rings. The van der Waals surface area contributed by atoms with Gasteiger partial charge >= 0.3 is 0 Å². The largest absolute Gasteiger partial charge is 0.193 e. The van der Waals surface area contributed by atoms with E-state index in [1.54, 1.807) is 6.08 Å². The molecule has 0 unspecified atom stereocenters. The Labute approximate surface area is 143 Å². The Morgan fingerprint density at radius 2 is 1.30 bits per heavy atom. The summed E-state index contributed by atoms with van der Waals surface area (Å²) < 4.78 is 0. The lowest BCUT2D eigenvalue weighted by Gasteiger charge is -2.31. The van der Waals surface area contributed by atoms with E-state index in [-0.39, 0.29) is 0 Å². The molecule has 2 aliphatic carbocycles. The molecule has 0 aromatic carbocycles. The normalized spacial score (nSPS) is 32.3. The lowest BCUT2D eigenvalue weighted by molar-refractivity contribution is 0.221. The van der Waals surface area contributed by atoms with Crippen molar-refractivity contribution in [1.82, 2.24) is 0 Å². The summed E-state index contributed by atoms with van der Waals surface area (Å²) in [5, 5.41) is 8.47. The molecule has 0 amide bonds. The van der Waals surface area contributed by atoms with Crippen LogP contribution in [0.3, 0.4) is 0 Å². The van der Waals surface area contributed by atoms with Gasteiger partial charge in [0.2, 0.25) is 0 Å². The molecule has 2 rings (SSSR count). The van der Waals surface area contributed by atoms with E-state index in [1.165, 1.54) is 77.0 Å². The summed E-state index contributed by atoms with van der Waals surface area (Å²) in [5.41, 5.74) is 0. The lowest BCUT2D eigenvalue weighted by atomic mass is 9.75. The average Bonchev–Trinajstić information content (AvgIpc) is 2.59. The fourth-order valence-electron chi connectivity index (χ4n) is 4.68. The monoisotopic (exact) mass is 313 g/mol. The van der Waals surface area contributed by atoms with Crippen LogP contribution >= 0.6 is 0 Å². The van der Waals surface area contributed by atoms with Gasteiger partial charge in [-0.1, -0.05) is 76.5 Å². The summed E-state index contributed by atoms with van der Waals surface area (Å²) >= 11 is 0. The number of nitriles is 1. The van der Waals surface area contributed by atoms with Crippen LogP contribution in [0.4, 0.5) is 0 Å². The molecule has 1 heteroatoms. The van der Waals surface area contributed by atoms with Gasteiger partial charge in [-0.2, -0.15) is 5.26 Å². The summed E-state index contributed by atoms with van der Waals surface area (Å²) in [7, 11) is 0. The van der Waals surface area contributed by atoms with Crippen LogP contribution in [0.15, 0.2) is 24.3 Å². The molecule has 0 bridgehead atoms. The van der Waals surface area contributed by atoms with Crippen molar-refractivity contribution in [2.24, 2.45) is 23.7 Å². The summed E-state index contributed by atoms with van der Waals surface area (Å²) in [6.07, 6.45) is 25.2. The van der Waals surface area contributed by atoms with E-state index >= 15 is 0 Å². The maximum atomic E-state index is 8.47. The van der Waals surface area contributed by atoms with Crippen molar-refractivity contribution in [3.8, 4) is 6.07 Å². The molecular formula is C22H35N. The van der Waals surface area contributed by atoms with Crippen molar-refractivity contribution in [3.05, 3.63) is 24.3 Å². The van der Waals surface area contributed by atoms with Crippen molar-refractivity contribution in [2.45, 2.75) is 84.0 Å². The number of hydrogen-bond donors (Lipinski definition) is 0. The number of rotatable bonds is 7. The van der Waals surface area contributed by atoms with E-state index in [4.69, 9.17) is 5.26 Å². The van der Waals surface area contributed by atoms with Gasteiger partial charge in [-0.05, 0) is 49.4 Å². The van der Waals surface area contributed by atoms with Crippen molar-refractivity contribution in [3.63, 3.8) is 0 Å². The molecule has 0 atom stereocenters. The molecule has 1 nitrogen and oxygen atoms in total. The summed E-state index contributed by atoms with van der Waals surface area (Å²) in [4.78, 5) is 0. The highest BCUT2D eigenvalue weighted by Gasteiger charge is 2.23. The Morgan fingerprint density at radius 3 is 1.83 bits per heavy atom. The Kier molecular flexibility index (Phi) is 8.51. The number of hydrogen-bond acceptors (Lipinski definition) is 1. The van der Waals surface area contributed by atoms with Gasteiger partial charge in [0.1, 0.15) is 0 Å². The van der Waals surface area contributed by atoms with E-state index in [0.29, 0.717) is 0 Å². The van der Waals surface area contributed by atoms with Crippen LogP contribution in [0.2, 0.25) is 0 Å². The Morgan fingerprint density at radius 1 is 0.783 bits per heavy atom. The smallest absolute Gasteiger partial charge is 0.0912 e. The quantitative estimate of drug-likeness (QED) is 0.374. The second kappa shape index (κ2) is 10.7. The maximum absolute atomic E-state index is 8.47. The first-order chi connectivity index (χ1) is 11.3. The first-order valence-corrected chi connectivity index (χ1v) is 10.0. The Balaban J connectivity index is 1.57. The van der Waals surface area contributed by atoms with Crippen molar-refractivity contribution in [2.75, 3.05) is 0 Å². The maximum Gasteiger partial charge on any atom is 0.0912 e. The van der Waals surface area contributed by atoms with Gasteiger partial charge < -0.3 is 0 Å². The molecule has 128 valence electrons. The molecule has 0 N–H and O–H groups in total.